The second kappa shape index (κ2) is 7.32. The van der Waals surface area contributed by atoms with E-state index in [1.807, 2.05) is 29.2 Å². The molecule has 0 unspecified atom stereocenters. The van der Waals surface area contributed by atoms with Crippen LogP contribution < -0.4 is 4.74 Å². The number of nitrogens with zero attached hydrogens (tertiary/aromatic N) is 2. The highest BCUT2D eigenvalue weighted by Gasteiger charge is 2.44. The molecule has 3 fully saturated rings. The number of methoxy groups -OCH3 is 1. The van der Waals surface area contributed by atoms with E-state index in [9.17, 15) is 4.79 Å². The largest absolute Gasteiger partial charge is 0.497 e. The third-order valence-electron chi connectivity index (χ3n) is 5.63. The van der Waals surface area contributed by atoms with Crippen molar-refractivity contribution in [3.63, 3.8) is 0 Å². The zero-order valence-corrected chi connectivity index (χ0v) is 14.7. The highest BCUT2D eigenvalue weighted by atomic mass is 16.5. The van der Waals surface area contributed by atoms with E-state index in [1.165, 1.54) is 0 Å². The van der Waals surface area contributed by atoms with Gasteiger partial charge in [-0.25, -0.2) is 0 Å². The van der Waals surface area contributed by atoms with Crippen LogP contribution in [0.15, 0.2) is 24.3 Å². The number of hydrogen-bond acceptors (Lipinski definition) is 5. The molecule has 3 saturated heterocycles. The number of morpholine rings is 1. The summed E-state index contributed by atoms with van der Waals surface area (Å²) in [6, 6.07) is 8.65. The van der Waals surface area contributed by atoms with Crippen molar-refractivity contribution in [2.24, 2.45) is 0 Å². The minimum atomic E-state index is 0.0888. The van der Waals surface area contributed by atoms with Gasteiger partial charge in [0.2, 0.25) is 5.91 Å². The van der Waals surface area contributed by atoms with Crippen LogP contribution in [-0.4, -0.2) is 73.9 Å². The fourth-order valence-electron chi connectivity index (χ4n) is 4.18. The van der Waals surface area contributed by atoms with Crippen LogP contribution >= 0.6 is 0 Å². The Balaban J connectivity index is 1.45. The molecule has 25 heavy (non-hydrogen) atoms. The Morgan fingerprint density at radius 1 is 1.16 bits per heavy atom. The normalized spacial score (nSPS) is 28.2. The molecule has 0 bridgehead atoms. The Morgan fingerprint density at radius 2 is 1.92 bits per heavy atom. The highest BCUT2D eigenvalue weighted by molar-refractivity contribution is 5.78. The Morgan fingerprint density at radius 3 is 2.64 bits per heavy atom. The molecule has 0 saturated carbocycles. The van der Waals surface area contributed by atoms with Gasteiger partial charge in [-0.3, -0.25) is 9.69 Å². The molecule has 136 valence electrons. The average Bonchev–Trinajstić information content (AvgIpc) is 3.10. The summed E-state index contributed by atoms with van der Waals surface area (Å²) in [5.41, 5.74) is 1.12. The Labute approximate surface area is 148 Å². The molecular weight excluding hydrogens is 320 g/mol. The molecule has 3 heterocycles. The van der Waals surface area contributed by atoms with E-state index in [0.717, 1.165) is 50.5 Å². The van der Waals surface area contributed by atoms with Gasteiger partial charge < -0.3 is 19.1 Å². The van der Waals surface area contributed by atoms with E-state index in [1.54, 1.807) is 7.11 Å². The summed E-state index contributed by atoms with van der Waals surface area (Å²) >= 11 is 0. The van der Waals surface area contributed by atoms with Crippen LogP contribution in [0.25, 0.3) is 0 Å². The number of fused-ring (bicyclic) bond motifs is 1. The molecule has 0 spiro atoms. The van der Waals surface area contributed by atoms with Gasteiger partial charge in [0.05, 0.1) is 19.3 Å². The van der Waals surface area contributed by atoms with Crippen LogP contribution in [0, 0.1) is 0 Å². The van der Waals surface area contributed by atoms with Crippen molar-refractivity contribution in [1.29, 1.82) is 0 Å². The zero-order chi connectivity index (χ0) is 17.2. The van der Waals surface area contributed by atoms with Gasteiger partial charge in [-0.05, 0) is 30.5 Å². The number of carbonyl (C=O) groups excluding carboxylic acids is 1. The Kier molecular flexibility index (Phi) is 4.92. The number of hydrogen-bond donors (Lipinski definition) is 0. The van der Waals surface area contributed by atoms with Gasteiger partial charge in [0.15, 0.2) is 0 Å². The molecule has 1 aromatic rings. The summed E-state index contributed by atoms with van der Waals surface area (Å²) in [6.45, 7) is 4.32. The lowest BCUT2D eigenvalue weighted by Gasteiger charge is -2.37. The van der Waals surface area contributed by atoms with E-state index in [-0.39, 0.29) is 24.7 Å². The topological polar surface area (TPSA) is 51.2 Å². The fraction of sp³-hybridized carbons (Fsp3) is 0.632. The van der Waals surface area contributed by atoms with Crippen molar-refractivity contribution in [2.45, 2.75) is 37.6 Å². The molecule has 2 atom stereocenters. The molecule has 4 rings (SSSR count). The Hall–Kier alpha value is -1.63. The van der Waals surface area contributed by atoms with E-state index < -0.39 is 0 Å². The first-order chi connectivity index (χ1) is 12.2. The Bertz CT molecular complexity index is 600. The maximum atomic E-state index is 12.5. The van der Waals surface area contributed by atoms with E-state index in [2.05, 4.69) is 4.90 Å². The minimum Gasteiger partial charge on any atom is -0.497 e. The molecule has 6 nitrogen and oxygen atoms in total. The third-order valence-corrected chi connectivity index (χ3v) is 5.63. The first-order valence-electron chi connectivity index (χ1n) is 9.10. The molecule has 3 aliphatic rings. The maximum absolute atomic E-state index is 12.5. The number of benzene rings is 1. The number of rotatable bonds is 4. The number of amides is 1. The van der Waals surface area contributed by atoms with Crippen LogP contribution in [0.3, 0.4) is 0 Å². The van der Waals surface area contributed by atoms with Crippen molar-refractivity contribution < 1.29 is 19.0 Å². The molecule has 0 N–H and O–H groups in total. The highest BCUT2D eigenvalue weighted by Crippen LogP contribution is 2.29. The fourth-order valence-corrected chi connectivity index (χ4v) is 4.18. The van der Waals surface area contributed by atoms with Crippen LogP contribution in [-0.2, 0) is 20.8 Å². The molecule has 1 amide bonds. The molecule has 3 aliphatic heterocycles. The SMILES string of the molecule is COc1ccc(CN2C(=O)CO[C@@H]3CN(C4CCOCC4)C[C@H]32)cc1. The van der Waals surface area contributed by atoms with Gasteiger partial charge in [0.25, 0.3) is 0 Å². The van der Waals surface area contributed by atoms with E-state index in [0.29, 0.717) is 12.6 Å². The van der Waals surface area contributed by atoms with Crippen molar-refractivity contribution in [3.05, 3.63) is 29.8 Å². The van der Waals surface area contributed by atoms with Gasteiger partial charge in [-0.2, -0.15) is 0 Å². The molecule has 0 radical (unpaired) electrons. The van der Waals surface area contributed by atoms with Crippen LogP contribution in [0.4, 0.5) is 0 Å². The molecular formula is C19H26N2O4. The predicted molar refractivity (Wildman–Crippen MR) is 92.5 cm³/mol. The van der Waals surface area contributed by atoms with Crippen LogP contribution in [0.5, 0.6) is 5.75 Å². The number of likely N-dealkylation sites (tertiary alicyclic amines) is 1. The smallest absolute Gasteiger partial charge is 0.249 e. The molecule has 6 heteroatoms. The third kappa shape index (κ3) is 3.52. The van der Waals surface area contributed by atoms with E-state index in [4.69, 9.17) is 14.2 Å². The minimum absolute atomic E-state index is 0.0888. The molecule has 1 aromatic carbocycles. The van der Waals surface area contributed by atoms with Gasteiger partial charge >= 0.3 is 0 Å². The second-order valence-electron chi connectivity index (χ2n) is 7.08. The summed E-state index contributed by atoms with van der Waals surface area (Å²) < 4.78 is 16.6. The average molecular weight is 346 g/mol. The van der Waals surface area contributed by atoms with E-state index >= 15 is 0 Å². The van der Waals surface area contributed by atoms with Gasteiger partial charge in [0, 0.05) is 38.9 Å². The number of carbonyl (C=O) groups is 1. The summed E-state index contributed by atoms with van der Waals surface area (Å²) in [6.07, 6.45) is 2.27. The molecule has 0 aromatic heterocycles. The number of ether oxygens (including phenoxy) is 3. The summed E-state index contributed by atoms with van der Waals surface area (Å²) in [5, 5.41) is 0. The first-order valence-corrected chi connectivity index (χ1v) is 9.10. The predicted octanol–water partition coefficient (Wildman–Crippen LogP) is 1.29. The summed E-state index contributed by atoms with van der Waals surface area (Å²) in [7, 11) is 1.66. The van der Waals surface area contributed by atoms with Gasteiger partial charge in [-0.15, -0.1) is 0 Å². The quantitative estimate of drug-likeness (QED) is 0.822. The zero-order valence-electron chi connectivity index (χ0n) is 14.7. The first kappa shape index (κ1) is 16.8. The summed E-state index contributed by atoms with van der Waals surface area (Å²) in [4.78, 5) is 17.0. The van der Waals surface area contributed by atoms with Gasteiger partial charge in [0.1, 0.15) is 12.4 Å². The van der Waals surface area contributed by atoms with Crippen molar-refractivity contribution >= 4 is 5.91 Å². The van der Waals surface area contributed by atoms with Crippen LogP contribution in [0.2, 0.25) is 0 Å². The van der Waals surface area contributed by atoms with Crippen molar-refractivity contribution in [2.75, 3.05) is 40.0 Å². The second-order valence-corrected chi connectivity index (χ2v) is 7.08. The summed E-state index contributed by atoms with van der Waals surface area (Å²) in [5.74, 6) is 0.924. The van der Waals surface area contributed by atoms with Gasteiger partial charge in [-0.1, -0.05) is 12.1 Å². The van der Waals surface area contributed by atoms with Crippen molar-refractivity contribution in [3.8, 4) is 5.75 Å². The standard InChI is InChI=1S/C19H26N2O4/c1-23-16-4-2-14(3-5-16)10-21-17-11-20(15-6-8-24-9-7-15)12-18(17)25-13-19(21)22/h2-5,15,17-18H,6-13H2,1H3/t17-,18-/m1/s1. The van der Waals surface area contributed by atoms with Crippen molar-refractivity contribution in [1.82, 2.24) is 9.80 Å². The monoisotopic (exact) mass is 346 g/mol. The lowest BCUT2D eigenvalue weighted by Crippen LogP contribution is -2.53. The lowest BCUT2D eigenvalue weighted by molar-refractivity contribution is -0.153. The molecule has 0 aliphatic carbocycles. The maximum Gasteiger partial charge on any atom is 0.249 e. The lowest BCUT2D eigenvalue weighted by atomic mass is 10.1. The van der Waals surface area contributed by atoms with Crippen LogP contribution in [0.1, 0.15) is 18.4 Å².